The lowest BCUT2D eigenvalue weighted by Crippen LogP contribution is -2.27. The van der Waals surface area contributed by atoms with Crippen molar-refractivity contribution in [2.24, 2.45) is 0 Å². The van der Waals surface area contributed by atoms with Crippen LogP contribution in [0.3, 0.4) is 0 Å². The lowest BCUT2D eigenvalue weighted by molar-refractivity contribution is 0.0166. The third kappa shape index (κ3) is 6.62. The second kappa shape index (κ2) is 11.2. The molecule has 0 radical (unpaired) electrons. The van der Waals surface area contributed by atoms with Crippen LogP contribution in [-0.4, -0.2) is 44.3 Å². The molecule has 1 saturated heterocycles. The molecule has 160 valence electrons. The molecule has 6 nitrogen and oxygen atoms in total. The Morgan fingerprint density at radius 1 is 1.20 bits per heavy atom. The summed E-state index contributed by atoms with van der Waals surface area (Å²) in [5.41, 5.74) is 0.704. The number of hydrogen-bond donors (Lipinski definition) is 2. The first-order valence-corrected chi connectivity index (χ1v) is 10.7. The van der Waals surface area contributed by atoms with Gasteiger partial charge in [0.05, 0.1) is 24.0 Å². The third-order valence-electron chi connectivity index (χ3n) is 4.64. The molecule has 30 heavy (non-hydrogen) atoms. The van der Waals surface area contributed by atoms with Crippen molar-refractivity contribution in [1.29, 1.82) is 0 Å². The standard InChI is InChI=1S/C22H24BrFN2O4/c23-16-5-1-4-15(12-16)21(27)26-20-13-17(24)7-8-19(20)22(28)25-9-3-10-29-14-18-6-2-11-30-18/h1,4-5,7-8,12-13,18H,2-3,6,9-11,14H2,(H,25,28)(H,26,27). The van der Waals surface area contributed by atoms with Gasteiger partial charge in [0.15, 0.2) is 0 Å². The fraction of sp³-hybridized carbons (Fsp3) is 0.364. The maximum atomic E-state index is 13.7. The topological polar surface area (TPSA) is 76.7 Å². The van der Waals surface area contributed by atoms with E-state index in [4.69, 9.17) is 9.47 Å². The van der Waals surface area contributed by atoms with Gasteiger partial charge in [-0.2, -0.15) is 0 Å². The molecule has 1 aliphatic heterocycles. The minimum absolute atomic E-state index is 0.118. The van der Waals surface area contributed by atoms with E-state index in [2.05, 4.69) is 26.6 Å². The summed E-state index contributed by atoms with van der Waals surface area (Å²) in [7, 11) is 0. The van der Waals surface area contributed by atoms with Crippen molar-refractivity contribution >= 4 is 33.4 Å². The van der Waals surface area contributed by atoms with Crippen molar-refractivity contribution in [2.45, 2.75) is 25.4 Å². The first-order chi connectivity index (χ1) is 14.5. The van der Waals surface area contributed by atoms with Crippen molar-refractivity contribution in [3.63, 3.8) is 0 Å². The lowest BCUT2D eigenvalue weighted by Gasteiger charge is -2.13. The zero-order valence-corrected chi connectivity index (χ0v) is 18.0. The van der Waals surface area contributed by atoms with Crippen LogP contribution in [0.2, 0.25) is 0 Å². The molecule has 8 heteroatoms. The molecule has 1 fully saturated rings. The molecular weight excluding hydrogens is 455 g/mol. The van der Waals surface area contributed by atoms with E-state index in [0.29, 0.717) is 31.7 Å². The van der Waals surface area contributed by atoms with Crippen molar-refractivity contribution in [2.75, 3.05) is 31.7 Å². The molecule has 2 amide bonds. The van der Waals surface area contributed by atoms with E-state index in [1.165, 1.54) is 12.1 Å². The summed E-state index contributed by atoms with van der Waals surface area (Å²) in [6.45, 7) is 2.27. The van der Waals surface area contributed by atoms with E-state index in [0.717, 1.165) is 30.0 Å². The first-order valence-electron chi connectivity index (χ1n) is 9.87. The number of anilines is 1. The van der Waals surface area contributed by atoms with E-state index in [-0.39, 0.29) is 17.4 Å². The zero-order chi connectivity index (χ0) is 21.3. The number of rotatable bonds is 9. The molecule has 1 aliphatic rings. The van der Waals surface area contributed by atoms with Crippen LogP contribution in [0, 0.1) is 5.82 Å². The molecule has 2 aromatic rings. The van der Waals surface area contributed by atoms with Gasteiger partial charge in [0.1, 0.15) is 5.82 Å². The monoisotopic (exact) mass is 478 g/mol. The van der Waals surface area contributed by atoms with Gasteiger partial charge in [-0.15, -0.1) is 0 Å². The Kier molecular flexibility index (Phi) is 8.36. The first kappa shape index (κ1) is 22.4. The third-order valence-corrected chi connectivity index (χ3v) is 5.13. The molecule has 3 rings (SSSR count). The fourth-order valence-corrected chi connectivity index (χ4v) is 3.50. The maximum absolute atomic E-state index is 13.7. The van der Waals surface area contributed by atoms with Crippen molar-refractivity contribution < 1.29 is 23.5 Å². The van der Waals surface area contributed by atoms with Crippen LogP contribution in [0.15, 0.2) is 46.9 Å². The van der Waals surface area contributed by atoms with Gasteiger partial charge in [0, 0.05) is 29.8 Å². The second-order valence-corrected chi connectivity index (χ2v) is 7.89. The molecule has 2 aromatic carbocycles. The average Bonchev–Trinajstić information content (AvgIpc) is 3.24. The van der Waals surface area contributed by atoms with Gasteiger partial charge in [0.25, 0.3) is 11.8 Å². The quantitative estimate of drug-likeness (QED) is 0.530. The Labute approximate surface area is 183 Å². The van der Waals surface area contributed by atoms with E-state index >= 15 is 0 Å². The van der Waals surface area contributed by atoms with Crippen LogP contribution in [0.4, 0.5) is 10.1 Å². The van der Waals surface area contributed by atoms with Gasteiger partial charge in [-0.25, -0.2) is 4.39 Å². The Morgan fingerprint density at radius 3 is 2.83 bits per heavy atom. The van der Waals surface area contributed by atoms with Gasteiger partial charge in [0.2, 0.25) is 0 Å². The van der Waals surface area contributed by atoms with Crippen LogP contribution in [0.5, 0.6) is 0 Å². The highest BCUT2D eigenvalue weighted by atomic mass is 79.9. The highest BCUT2D eigenvalue weighted by molar-refractivity contribution is 9.10. The van der Waals surface area contributed by atoms with Crippen LogP contribution < -0.4 is 10.6 Å². The highest BCUT2D eigenvalue weighted by Crippen LogP contribution is 2.20. The number of benzene rings is 2. The lowest BCUT2D eigenvalue weighted by atomic mass is 10.1. The van der Waals surface area contributed by atoms with E-state index < -0.39 is 17.6 Å². The van der Waals surface area contributed by atoms with Gasteiger partial charge in [-0.1, -0.05) is 22.0 Å². The summed E-state index contributed by atoms with van der Waals surface area (Å²) in [5.74, 6) is -1.37. The summed E-state index contributed by atoms with van der Waals surface area (Å²) in [6.07, 6.45) is 2.91. The largest absolute Gasteiger partial charge is 0.379 e. The van der Waals surface area contributed by atoms with Crippen molar-refractivity contribution in [1.82, 2.24) is 5.32 Å². The van der Waals surface area contributed by atoms with Crippen LogP contribution >= 0.6 is 15.9 Å². The van der Waals surface area contributed by atoms with Crippen LogP contribution in [0.1, 0.15) is 40.0 Å². The molecule has 0 aromatic heterocycles. The number of nitrogens with one attached hydrogen (secondary N) is 2. The normalized spacial score (nSPS) is 15.7. The van der Waals surface area contributed by atoms with Crippen molar-refractivity contribution in [3.8, 4) is 0 Å². The van der Waals surface area contributed by atoms with Gasteiger partial charge < -0.3 is 20.1 Å². The number of halogens is 2. The summed E-state index contributed by atoms with van der Waals surface area (Å²) in [5, 5.41) is 5.40. The summed E-state index contributed by atoms with van der Waals surface area (Å²) in [4.78, 5) is 25.0. The Bertz CT molecular complexity index is 887. The maximum Gasteiger partial charge on any atom is 0.255 e. The Balaban J connectivity index is 1.52. The number of carbonyl (C=O) groups is 2. The molecule has 0 saturated carbocycles. The molecule has 0 spiro atoms. The molecular formula is C22H24BrFN2O4. The van der Waals surface area contributed by atoms with Crippen LogP contribution in [-0.2, 0) is 9.47 Å². The SMILES string of the molecule is O=C(Nc1cc(F)ccc1C(=O)NCCCOCC1CCCO1)c1cccc(Br)c1. The molecule has 1 unspecified atom stereocenters. The molecule has 2 N–H and O–H groups in total. The number of carbonyl (C=O) groups excluding carboxylic acids is 2. The molecule has 0 bridgehead atoms. The second-order valence-electron chi connectivity index (χ2n) is 6.97. The zero-order valence-electron chi connectivity index (χ0n) is 16.5. The molecule has 0 aliphatic carbocycles. The predicted octanol–water partition coefficient (Wildman–Crippen LogP) is 4.16. The van der Waals surface area contributed by atoms with E-state index in [1.807, 2.05) is 0 Å². The van der Waals surface area contributed by atoms with Crippen molar-refractivity contribution in [3.05, 3.63) is 63.9 Å². The van der Waals surface area contributed by atoms with Crippen LogP contribution in [0.25, 0.3) is 0 Å². The van der Waals surface area contributed by atoms with E-state index in [1.54, 1.807) is 24.3 Å². The summed E-state index contributed by atoms with van der Waals surface area (Å²) in [6, 6.07) is 10.5. The predicted molar refractivity (Wildman–Crippen MR) is 115 cm³/mol. The summed E-state index contributed by atoms with van der Waals surface area (Å²) >= 11 is 3.31. The van der Waals surface area contributed by atoms with Gasteiger partial charge >= 0.3 is 0 Å². The smallest absolute Gasteiger partial charge is 0.255 e. The number of ether oxygens (including phenoxy) is 2. The minimum atomic E-state index is -0.543. The molecule has 1 atom stereocenters. The van der Waals surface area contributed by atoms with Gasteiger partial charge in [-0.05, 0) is 55.7 Å². The summed E-state index contributed by atoms with van der Waals surface area (Å²) < 4.78 is 25.5. The number of amides is 2. The fourth-order valence-electron chi connectivity index (χ4n) is 3.10. The van der Waals surface area contributed by atoms with E-state index in [9.17, 15) is 14.0 Å². The molecule has 1 heterocycles. The Morgan fingerprint density at radius 2 is 2.07 bits per heavy atom. The Hall–Kier alpha value is -2.29. The number of hydrogen-bond acceptors (Lipinski definition) is 4. The average molecular weight is 479 g/mol. The highest BCUT2D eigenvalue weighted by Gasteiger charge is 2.16. The minimum Gasteiger partial charge on any atom is -0.379 e. The van der Waals surface area contributed by atoms with Gasteiger partial charge in [-0.3, -0.25) is 9.59 Å².